The fourth-order valence-electron chi connectivity index (χ4n) is 3.96. The standard InChI is InChI=1S/C22H27N7O4/c1-3-28-21(31)17(25-29(22(28)32)16-10-5-4-6-11-16)18-24-20(33-26-18)19(30)23-12-14-27-13-8-7-9-15(27)2/h4-6,10-11,15H,3,7-9,12-14H2,1-2H3,(H,23,30). The lowest BCUT2D eigenvalue weighted by atomic mass is 10.0. The summed E-state index contributed by atoms with van der Waals surface area (Å²) in [6.45, 7) is 6.21. The summed E-state index contributed by atoms with van der Waals surface area (Å²) in [6, 6.07) is 9.21. The Balaban J connectivity index is 1.54. The molecule has 0 aliphatic carbocycles. The highest BCUT2D eigenvalue weighted by molar-refractivity contribution is 5.89. The van der Waals surface area contributed by atoms with E-state index >= 15 is 0 Å². The van der Waals surface area contributed by atoms with Crippen LogP contribution in [-0.4, -0.2) is 61.0 Å². The molecule has 0 bridgehead atoms. The second kappa shape index (κ2) is 9.90. The second-order valence-electron chi connectivity index (χ2n) is 7.99. The summed E-state index contributed by atoms with van der Waals surface area (Å²) in [5.41, 5.74) is -0.919. The molecule has 1 aromatic carbocycles. The van der Waals surface area contributed by atoms with Crippen LogP contribution < -0.4 is 16.6 Å². The van der Waals surface area contributed by atoms with Gasteiger partial charge < -0.3 is 9.84 Å². The molecule has 11 heteroatoms. The molecule has 1 amide bonds. The van der Waals surface area contributed by atoms with Crippen LogP contribution in [0.3, 0.4) is 0 Å². The van der Waals surface area contributed by atoms with Crippen LogP contribution in [0.5, 0.6) is 0 Å². The Bertz CT molecular complexity index is 1230. The third-order valence-corrected chi connectivity index (χ3v) is 5.83. The molecule has 1 aliphatic heterocycles. The van der Waals surface area contributed by atoms with E-state index < -0.39 is 17.2 Å². The first-order valence-electron chi connectivity index (χ1n) is 11.2. The van der Waals surface area contributed by atoms with Crippen molar-refractivity contribution in [3.8, 4) is 17.2 Å². The van der Waals surface area contributed by atoms with Gasteiger partial charge in [0.1, 0.15) is 0 Å². The van der Waals surface area contributed by atoms with Crippen molar-refractivity contribution in [2.45, 2.75) is 45.7 Å². The number of amides is 1. The Morgan fingerprint density at radius 2 is 2.00 bits per heavy atom. The summed E-state index contributed by atoms with van der Waals surface area (Å²) in [7, 11) is 0. The van der Waals surface area contributed by atoms with Crippen molar-refractivity contribution in [2.75, 3.05) is 19.6 Å². The van der Waals surface area contributed by atoms with Gasteiger partial charge in [-0.05, 0) is 45.4 Å². The number of benzene rings is 1. The SMILES string of the molecule is CCn1c(=O)c(-c2noc(C(=O)NCCN3CCCCC3C)n2)nn(-c2ccccc2)c1=O. The van der Waals surface area contributed by atoms with Gasteiger partial charge in [-0.15, -0.1) is 0 Å². The van der Waals surface area contributed by atoms with Crippen molar-refractivity contribution in [3.05, 3.63) is 57.1 Å². The minimum Gasteiger partial charge on any atom is -0.347 e. The first-order valence-corrected chi connectivity index (χ1v) is 11.2. The minimum absolute atomic E-state index is 0.139. The highest BCUT2D eigenvalue weighted by atomic mass is 16.5. The van der Waals surface area contributed by atoms with Crippen molar-refractivity contribution >= 4 is 5.91 Å². The van der Waals surface area contributed by atoms with Gasteiger partial charge in [-0.25, -0.2) is 4.79 Å². The third-order valence-electron chi connectivity index (χ3n) is 5.83. The lowest BCUT2D eigenvalue weighted by Gasteiger charge is -2.33. The summed E-state index contributed by atoms with van der Waals surface area (Å²) in [5, 5.41) is 10.7. The first kappa shape index (κ1) is 22.6. The lowest BCUT2D eigenvalue weighted by molar-refractivity contribution is 0.0895. The zero-order chi connectivity index (χ0) is 23.4. The van der Waals surface area contributed by atoms with E-state index in [1.807, 2.05) is 0 Å². The summed E-state index contributed by atoms with van der Waals surface area (Å²) >= 11 is 0. The average Bonchev–Trinajstić information content (AvgIpc) is 3.31. The molecule has 1 fully saturated rings. The van der Waals surface area contributed by atoms with E-state index in [4.69, 9.17) is 4.52 Å². The Hall–Kier alpha value is -3.60. The highest BCUT2D eigenvalue weighted by Gasteiger charge is 2.23. The van der Waals surface area contributed by atoms with Crippen LogP contribution in [0.15, 0.2) is 44.4 Å². The molecule has 174 valence electrons. The van der Waals surface area contributed by atoms with Gasteiger partial charge in [0.15, 0.2) is 5.69 Å². The van der Waals surface area contributed by atoms with E-state index in [9.17, 15) is 14.4 Å². The molecule has 3 heterocycles. The molecule has 4 rings (SSSR count). The molecule has 33 heavy (non-hydrogen) atoms. The van der Waals surface area contributed by atoms with Crippen molar-refractivity contribution < 1.29 is 9.32 Å². The summed E-state index contributed by atoms with van der Waals surface area (Å²) in [6.07, 6.45) is 3.56. The largest absolute Gasteiger partial charge is 0.352 e. The normalized spacial score (nSPS) is 16.6. The number of nitrogens with zero attached hydrogens (tertiary/aromatic N) is 6. The number of para-hydroxylation sites is 1. The van der Waals surface area contributed by atoms with Crippen LogP contribution in [-0.2, 0) is 6.54 Å². The molecule has 0 radical (unpaired) electrons. The zero-order valence-corrected chi connectivity index (χ0v) is 18.7. The van der Waals surface area contributed by atoms with Gasteiger partial charge in [0.2, 0.25) is 5.82 Å². The van der Waals surface area contributed by atoms with Crippen LogP contribution in [0.2, 0.25) is 0 Å². The third kappa shape index (κ3) is 4.77. The Labute approximate surface area is 190 Å². The fourth-order valence-corrected chi connectivity index (χ4v) is 3.96. The molecule has 1 atom stereocenters. The van der Waals surface area contributed by atoms with E-state index in [1.54, 1.807) is 37.3 Å². The molecule has 0 saturated carbocycles. The van der Waals surface area contributed by atoms with E-state index in [0.717, 1.165) is 28.8 Å². The smallest absolute Gasteiger partial charge is 0.347 e. The fraction of sp³-hybridized carbons (Fsp3) is 0.455. The van der Waals surface area contributed by atoms with Gasteiger partial charge in [0.25, 0.3) is 5.56 Å². The van der Waals surface area contributed by atoms with Crippen molar-refractivity contribution in [2.24, 2.45) is 0 Å². The molecule has 0 spiro atoms. The average molecular weight is 454 g/mol. The molecular formula is C22H27N7O4. The number of carbonyl (C=O) groups excluding carboxylic acids is 1. The molecule has 1 unspecified atom stereocenters. The monoisotopic (exact) mass is 453 g/mol. The van der Waals surface area contributed by atoms with Gasteiger partial charge in [0, 0.05) is 25.7 Å². The topological polar surface area (TPSA) is 128 Å². The molecule has 1 aliphatic rings. The summed E-state index contributed by atoms with van der Waals surface area (Å²) in [4.78, 5) is 44.4. The number of likely N-dealkylation sites (tertiary alicyclic amines) is 1. The summed E-state index contributed by atoms with van der Waals surface area (Å²) < 4.78 is 7.23. The van der Waals surface area contributed by atoms with E-state index in [1.165, 1.54) is 12.8 Å². The predicted octanol–water partition coefficient (Wildman–Crippen LogP) is 1.07. The number of nitrogens with one attached hydrogen (secondary N) is 1. The van der Waals surface area contributed by atoms with Crippen LogP contribution in [0.1, 0.15) is 43.8 Å². The lowest BCUT2D eigenvalue weighted by Crippen LogP contribution is -2.42. The van der Waals surface area contributed by atoms with Gasteiger partial charge in [-0.2, -0.15) is 14.8 Å². The zero-order valence-electron chi connectivity index (χ0n) is 18.7. The number of hydrogen-bond acceptors (Lipinski definition) is 8. The first-order chi connectivity index (χ1) is 16.0. The number of hydrogen-bond donors (Lipinski definition) is 1. The number of carbonyl (C=O) groups is 1. The number of aromatic nitrogens is 5. The molecule has 3 aromatic rings. The maximum Gasteiger partial charge on any atom is 0.352 e. The maximum absolute atomic E-state index is 12.8. The van der Waals surface area contributed by atoms with Crippen molar-refractivity contribution in [1.29, 1.82) is 0 Å². The van der Waals surface area contributed by atoms with Crippen molar-refractivity contribution in [3.63, 3.8) is 0 Å². The molecule has 1 saturated heterocycles. The van der Waals surface area contributed by atoms with Gasteiger partial charge in [0.05, 0.1) is 5.69 Å². The number of rotatable bonds is 7. The van der Waals surface area contributed by atoms with Crippen LogP contribution >= 0.6 is 0 Å². The Kier molecular flexibility index (Phi) is 6.78. The van der Waals surface area contributed by atoms with Gasteiger partial charge in [-0.1, -0.05) is 29.8 Å². The number of piperidine rings is 1. The van der Waals surface area contributed by atoms with Crippen LogP contribution in [0.4, 0.5) is 0 Å². The molecular weight excluding hydrogens is 426 g/mol. The minimum atomic E-state index is -0.651. The van der Waals surface area contributed by atoms with E-state index in [-0.39, 0.29) is 24.0 Å². The second-order valence-corrected chi connectivity index (χ2v) is 7.99. The van der Waals surface area contributed by atoms with Crippen LogP contribution in [0, 0.1) is 0 Å². The van der Waals surface area contributed by atoms with Crippen LogP contribution in [0.25, 0.3) is 17.2 Å². The molecule has 2 aromatic heterocycles. The van der Waals surface area contributed by atoms with Gasteiger partial charge >= 0.3 is 17.5 Å². The van der Waals surface area contributed by atoms with Crippen molar-refractivity contribution in [1.82, 2.24) is 34.7 Å². The maximum atomic E-state index is 12.8. The summed E-state index contributed by atoms with van der Waals surface area (Å²) in [5.74, 6) is -0.939. The Morgan fingerprint density at radius 1 is 1.21 bits per heavy atom. The Morgan fingerprint density at radius 3 is 2.73 bits per heavy atom. The predicted molar refractivity (Wildman–Crippen MR) is 120 cm³/mol. The van der Waals surface area contributed by atoms with Gasteiger partial charge in [-0.3, -0.25) is 19.1 Å². The van der Waals surface area contributed by atoms with E-state index in [2.05, 4.69) is 32.4 Å². The highest BCUT2D eigenvalue weighted by Crippen LogP contribution is 2.15. The quantitative estimate of drug-likeness (QED) is 0.563. The molecule has 1 N–H and O–H groups in total. The molecule has 11 nitrogen and oxygen atoms in total. The van der Waals surface area contributed by atoms with E-state index in [0.29, 0.717) is 18.3 Å².